The van der Waals surface area contributed by atoms with Crippen molar-refractivity contribution in [3.05, 3.63) is 64.3 Å². The maximum Gasteiger partial charge on any atom is 0.271 e. The lowest BCUT2D eigenvalue weighted by molar-refractivity contribution is -0.133. The van der Waals surface area contributed by atoms with Crippen LogP contribution in [0.15, 0.2) is 52.9 Å². The summed E-state index contributed by atoms with van der Waals surface area (Å²) in [4.78, 5) is 64.1. The van der Waals surface area contributed by atoms with Crippen LogP contribution in [-0.2, 0) is 27.5 Å². The van der Waals surface area contributed by atoms with Gasteiger partial charge in [-0.15, -0.1) is 11.3 Å². The number of hydrogen-bond donors (Lipinski definition) is 2. The van der Waals surface area contributed by atoms with Gasteiger partial charge >= 0.3 is 0 Å². The van der Waals surface area contributed by atoms with Crippen LogP contribution in [0.5, 0.6) is 0 Å². The number of carbonyl (C=O) groups is 3. The predicted molar refractivity (Wildman–Crippen MR) is 176 cm³/mol. The van der Waals surface area contributed by atoms with Crippen LogP contribution in [0.1, 0.15) is 45.0 Å². The normalized spacial score (nSPS) is 18.4. The van der Waals surface area contributed by atoms with E-state index in [4.69, 9.17) is 10.1 Å². The Labute approximate surface area is 269 Å². The van der Waals surface area contributed by atoms with Gasteiger partial charge in [-0.1, -0.05) is 44.2 Å². The molecule has 0 spiro atoms. The summed E-state index contributed by atoms with van der Waals surface area (Å²) in [6, 6.07) is 10.2. The van der Waals surface area contributed by atoms with E-state index in [1.807, 2.05) is 50.4 Å². The average molecular weight is 651 g/mol. The van der Waals surface area contributed by atoms with Crippen LogP contribution in [0.2, 0.25) is 0 Å². The Bertz CT molecular complexity index is 1700. The topological polar surface area (TPSA) is 144 Å². The van der Waals surface area contributed by atoms with Crippen molar-refractivity contribution in [2.24, 2.45) is 5.92 Å². The highest BCUT2D eigenvalue weighted by Gasteiger charge is 2.30. The molecule has 1 aromatic carbocycles. The lowest BCUT2D eigenvalue weighted by Gasteiger charge is -2.28. The van der Waals surface area contributed by atoms with Gasteiger partial charge in [-0.25, -0.2) is 14.6 Å². The molecule has 238 valence electrons. The van der Waals surface area contributed by atoms with Crippen LogP contribution in [0, 0.1) is 5.92 Å². The minimum absolute atomic E-state index is 0.0467. The van der Waals surface area contributed by atoms with Crippen LogP contribution in [-0.4, -0.2) is 78.1 Å². The van der Waals surface area contributed by atoms with Gasteiger partial charge in [-0.2, -0.15) is 16.9 Å². The second-order valence-electron chi connectivity index (χ2n) is 11.3. The molecule has 0 aliphatic carbocycles. The van der Waals surface area contributed by atoms with Gasteiger partial charge in [-0.05, 0) is 42.2 Å². The third-order valence-electron chi connectivity index (χ3n) is 7.74. The number of benzene rings is 1. The molecule has 2 atom stereocenters. The molecule has 2 N–H and O–H groups in total. The molecule has 45 heavy (non-hydrogen) atoms. The van der Waals surface area contributed by atoms with Gasteiger partial charge in [0.2, 0.25) is 17.7 Å². The smallest absolute Gasteiger partial charge is 0.271 e. The van der Waals surface area contributed by atoms with Gasteiger partial charge in [0.1, 0.15) is 17.3 Å². The zero-order valence-electron chi connectivity index (χ0n) is 25.6. The summed E-state index contributed by atoms with van der Waals surface area (Å²) in [6.07, 6.45) is 4.38. The molecule has 0 fully saturated rings. The van der Waals surface area contributed by atoms with Crippen LogP contribution in [0.3, 0.4) is 0 Å². The minimum atomic E-state index is -0.705. The van der Waals surface area contributed by atoms with Crippen molar-refractivity contribution in [3.8, 4) is 11.4 Å². The van der Waals surface area contributed by atoms with Crippen molar-refractivity contribution in [1.29, 1.82) is 0 Å². The van der Waals surface area contributed by atoms with Crippen LogP contribution in [0.4, 0.5) is 0 Å². The number of amides is 3. The standard InChI is InChI=1S/C31H38N8O4S2/c1-20(2)26-29-35-28(21-8-5-4-6-9-21)36-39(29)15-14-37(13-7-10-24(40)33-23(11-16-44-3)30(42)34-26)25(41)18-38-19-32-22-12-17-45-27(22)31(38)43/h4-6,8-9,12,17,19-20,23,26H,7,10-11,13-16,18H2,1-3H3,(H,33,40)(H,34,42)/t23-,26+/m0/s1. The molecule has 5 rings (SSSR count). The number of fused-ring (bicyclic) bond motifs is 2. The number of nitrogens with one attached hydrogen (secondary N) is 2. The Balaban J connectivity index is 1.48. The predicted octanol–water partition coefficient (Wildman–Crippen LogP) is 3.09. The van der Waals surface area contributed by atoms with Crippen molar-refractivity contribution < 1.29 is 14.4 Å². The first-order valence-electron chi connectivity index (χ1n) is 15.0. The maximum atomic E-state index is 13.7. The number of aromatic nitrogens is 5. The van der Waals surface area contributed by atoms with E-state index in [1.165, 1.54) is 22.2 Å². The van der Waals surface area contributed by atoms with Crippen LogP contribution in [0.25, 0.3) is 21.6 Å². The third kappa shape index (κ3) is 7.79. The van der Waals surface area contributed by atoms with E-state index in [0.29, 0.717) is 53.5 Å². The Morgan fingerprint density at radius 3 is 2.64 bits per heavy atom. The molecule has 4 aromatic rings. The Hall–Kier alpha value is -4.04. The lowest BCUT2D eigenvalue weighted by atomic mass is 10.0. The molecule has 1 aliphatic rings. The summed E-state index contributed by atoms with van der Waals surface area (Å²) in [7, 11) is 0. The van der Waals surface area contributed by atoms with Gasteiger partial charge in [0.05, 0.1) is 24.4 Å². The molecule has 14 heteroatoms. The highest BCUT2D eigenvalue weighted by molar-refractivity contribution is 7.98. The zero-order chi connectivity index (χ0) is 31.9. The van der Waals surface area contributed by atoms with Gasteiger partial charge in [0.15, 0.2) is 11.6 Å². The van der Waals surface area contributed by atoms with Crippen molar-refractivity contribution in [2.45, 2.75) is 58.3 Å². The summed E-state index contributed by atoms with van der Waals surface area (Å²) in [5, 5.41) is 12.7. The first-order valence-corrected chi connectivity index (χ1v) is 17.3. The Morgan fingerprint density at radius 2 is 1.89 bits per heavy atom. The molecule has 0 saturated carbocycles. The molecule has 0 bridgehead atoms. The fourth-order valence-electron chi connectivity index (χ4n) is 5.26. The average Bonchev–Trinajstić information content (AvgIpc) is 3.69. The largest absolute Gasteiger partial charge is 0.344 e. The molecule has 0 saturated heterocycles. The van der Waals surface area contributed by atoms with E-state index in [-0.39, 0.29) is 48.7 Å². The quantitative estimate of drug-likeness (QED) is 0.311. The molecule has 0 unspecified atom stereocenters. The number of thioether (sulfide) groups is 1. The lowest BCUT2D eigenvalue weighted by Crippen LogP contribution is -2.49. The summed E-state index contributed by atoms with van der Waals surface area (Å²) in [5.74, 6) is 0.963. The highest BCUT2D eigenvalue weighted by Crippen LogP contribution is 2.25. The van der Waals surface area contributed by atoms with Crippen molar-refractivity contribution >= 4 is 51.0 Å². The fraction of sp³-hybridized carbons (Fsp3) is 0.452. The van der Waals surface area contributed by atoms with Crippen LogP contribution >= 0.6 is 23.1 Å². The van der Waals surface area contributed by atoms with Gasteiger partial charge < -0.3 is 15.5 Å². The highest BCUT2D eigenvalue weighted by atomic mass is 32.2. The number of hydrogen-bond acceptors (Lipinski definition) is 9. The second-order valence-corrected chi connectivity index (χ2v) is 13.2. The molecular formula is C31H38N8O4S2. The molecule has 3 amide bonds. The SMILES string of the molecule is CSCC[C@@H]1NC(=O)CCCN(C(=O)Cn2cnc3ccsc3c2=O)CCn2nc(-c3ccccc3)nc2[C@@H](C(C)C)NC1=O. The zero-order valence-corrected chi connectivity index (χ0v) is 27.3. The summed E-state index contributed by atoms with van der Waals surface area (Å²) in [6.45, 7) is 4.68. The van der Waals surface area contributed by atoms with E-state index < -0.39 is 12.1 Å². The minimum Gasteiger partial charge on any atom is -0.344 e. The van der Waals surface area contributed by atoms with E-state index in [9.17, 15) is 19.2 Å². The molecule has 0 radical (unpaired) electrons. The Kier molecular flexibility index (Phi) is 10.7. The molecule has 4 heterocycles. The second kappa shape index (κ2) is 14.8. The first kappa shape index (κ1) is 32.4. The molecular weight excluding hydrogens is 613 g/mol. The molecule has 1 aliphatic heterocycles. The van der Waals surface area contributed by atoms with Gasteiger partial charge in [0, 0.05) is 25.1 Å². The number of nitrogens with zero attached hydrogens (tertiary/aromatic N) is 6. The number of thiophene rings is 1. The van der Waals surface area contributed by atoms with Crippen molar-refractivity contribution in [1.82, 2.24) is 39.8 Å². The van der Waals surface area contributed by atoms with E-state index >= 15 is 0 Å². The summed E-state index contributed by atoms with van der Waals surface area (Å²) in [5.41, 5.74) is 1.18. The first-order chi connectivity index (χ1) is 21.7. The number of carbonyl (C=O) groups excluding carboxylic acids is 3. The summed E-state index contributed by atoms with van der Waals surface area (Å²) >= 11 is 2.90. The van der Waals surface area contributed by atoms with E-state index in [1.54, 1.807) is 32.8 Å². The third-order valence-corrected chi connectivity index (χ3v) is 9.28. The summed E-state index contributed by atoms with van der Waals surface area (Å²) < 4.78 is 3.59. The Morgan fingerprint density at radius 1 is 1.09 bits per heavy atom. The monoisotopic (exact) mass is 650 g/mol. The molecule has 12 nitrogen and oxygen atoms in total. The maximum absolute atomic E-state index is 13.7. The van der Waals surface area contributed by atoms with E-state index in [0.717, 1.165) is 5.56 Å². The van der Waals surface area contributed by atoms with Gasteiger partial charge in [0.25, 0.3) is 5.56 Å². The number of rotatable bonds is 7. The van der Waals surface area contributed by atoms with E-state index in [2.05, 4.69) is 15.6 Å². The molecule has 3 aromatic heterocycles. The van der Waals surface area contributed by atoms with Crippen molar-refractivity contribution in [3.63, 3.8) is 0 Å². The fourth-order valence-corrected chi connectivity index (χ4v) is 6.52. The van der Waals surface area contributed by atoms with Crippen molar-refractivity contribution in [2.75, 3.05) is 25.1 Å². The van der Waals surface area contributed by atoms with Gasteiger partial charge in [-0.3, -0.25) is 23.7 Å². The van der Waals surface area contributed by atoms with Crippen LogP contribution < -0.4 is 16.2 Å².